The molecule has 0 unspecified atom stereocenters. The number of hydrogen-bond acceptors (Lipinski definition) is 4. The molecule has 3 aromatic rings. The number of benzene rings is 1. The van der Waals surface area contributed by atoms with Crippen molar-refractivity contribution in [2.45, 2.75) is 32.4 Å². The molecule has 2 aromatic heterocycles. The summed E-state index contributed by atoms with van der Waals surface area (Å²) in [5.74, 6) is -0.113. The zero-order valence-corrected chi connectivity index (χ0v) is 14.7. The lowest BCUT2D eigenvalue weighted by Crippen LogP contribution is -2.49. The summed E-state index contributed by atoms with van der Waals surface area (Å²) in [6, 6.07) is 14.0. The van der Waals surface area contributed by atoms with Crippen LogP contribution >= 0.6 is 0 Å². The molecule has 0 fully saturated rings. The number of rotatable bonds is 6. The Morgan fingerprint density at radius 1 is 1.20 bits per heavy atom. The molecule has 0 bridgehead atoms. The van der Waals surface area contributed by atoms with Crippen LogP contribution in [0.5, 0.6) is 0 Å². The molecule has 6 nitrogen and oxygen atoms in total. The second-order valence-corrected chi connectivity index (χ2v) is 6.86. The Balaban J connectivity index is 1.60. The molecule has 1 aromatic carbocycles. The van der Waals surface area contributed by atoms with Crippen LogP contribution in [0.3, 0.4) is 0 Å². The standard InChI is InChI=1S/C19H23N5O/c1-14(15-7-5-4-6-8-15)22-19(2,3)12-20-18(25)16-9-10-17-23-21-13-24(17)11-16/h4-11,13-14,22H,12H2,1-3H3,(H,20,25)/t14-/m0/s1. The summed E-state index contributed by atoms with van der Waals surface area (Å²) in [5, 5.41) is 14.3. The second kappa shape index (κ2) is 7.03. The zero-order valence-electron chi connectivity index (χ0n) is 14.7. The highest BCUT2D eigenvalue weighted by molar-refractivity contribution is 5.94. The first-order valence-corrected chi connectivity index (χ1v) is 8.35. The molecule has 1 atom stereocenters. The summed E-state index contributed by atoms with van der Waals surface area (Å²) < 4.78 is 1.73. The van der Waals surface area contributed by atoms with Gasteiger partial charge in [0, 0.05) is 24.3 Å². The van der Waals surface area contributed by atoms with Crippen molar-refractivity contribution in [1.29, 1.82) is 0 Å². The van der Waals surface area contributed by atoms with Crippen LogP contribution in [0.2, 0.25) is 0 Å². The predicted octanol–water partition coefficient (Wildman–Crippen LogP) is 2.59. The maximum Gasteiger partial charge on any atom is 0.252 e. The molecule has 2 N–H and O–H groups in total. The number of pyridine rings is 1. The summed E-state index contributed by atoms with van der Waals surface area (Å²) in [7, 11) is 0. The minimum absolute atomic E-state index is 0.113. The first-order chi connectivity index (χ1) is 11.9. The number of carbonyl (C=O) groups is 1. The molecule has 3 rings (SSSR count). The van der Waals surface area contributed by atoms with Gasteiger partial charge in [0.25, 0.3) is 5.91 Å². The van der Waals surface area contributed by atoms with Crippen molar-refractivity contribution < 1.29 is 4.79 Å². The summed E-state index contributed by atoms with van der Waals surface area (Å²) in [5.41, 5.74) is 2.28. The van der Waals surface area contributed by atoms with Crippen molar-refractivity contribution in [2.24, 2.45) is 0 Å². The van der Waals surface area contributed by atoms with E-state index in [0.717, 1.165) is 5.65 Å². The quantitative estimate of drug-likeness (QED) is 0.725. The number of nitrogens with one attached hydrogen (secondary N) is 2. The molecule has 2 heterocycles. The first-order valence-electron chi connectivity index (χ1n) is 8.35. The zero-order chi connectivity index (χ0) is 17.9. The van der Waals surface area contributed by atoms with Gasteiger partial charge in [-0.25, -0.2) is 0 Å². The number of nitrogens with zero attached hydrogens (tertiary/aromatic N) is 3. The van der Waals surface area contributed by atoms with E-state index >= 15 is 0 Å². The highest BCUT2D eigenvalue weighted by atomic mass is 16.1. The lowest BCUT2D eigenvalue weighted by atomic mass is 10.0. The Kier molecular flexibility index (Phi) is 4.81. The van der Waals surface area contributed by atoms with Crippen LogP contribution in [-0.2, 0) is 0 Å². The van der Waals surface area contributed by atoms with Gasteiger partial charge in [-0.1, -0.05) is 30.3 Å². The molecule has 1 amide bonds. The smallest absolute Gasteiger partial charge is 0.252 e. The lowest BCUT2D eigenvalue weighted by molar-refractivity contribution is 0.0940. The molecule has 0 saturated carbocycles. The van der Waals surface area contributed by atoms with E-state index in [2.05, 4.69) is 53.7 Å². The Morgan fingerprint density at radius 3 is 2.72 bits per heavy atom. The molecule has 25 heavy (non-hydrogen) atoms. The fourth-order valence-electron chi connectivity index (χ4n) is 2.83. The Bertz CT molecular complexity index is 856. The van der Waals surface area contributed by atoms with Gasteiger partial charge in [-0.2, -0.15) is 0 Å². The topological polar surface area (TPSA) is 71.3 Å². The summed E-state index contributed by atoms with van der Waals surface area (Å²) in [6.07, 6.45) is 3.32. The van der Waals surface area contributed by atoms with Gasteiger partial charge in [0.15, 0.2) is 5.65 Å². The van der Waals surface area contributed by atoms with Crippen molar-refractivity contribution in [2.75, 3.05) is 6.54 Å². The van der Waals surface area contributed by atoms with Gasteiger partial charge in [-0.3, -0.25) is 9.20 Å². The monoisotopic (exact) mass is 337 g/mol. The van der Waals surface area contributed by atoms with Crippen molar-refractivity contribution in [3.05, 3.63) is 66.1 Å². The van der Waals surface area contributed by atoms with Gasteiger partial charge >= 0.3 is 0 Å². The number of aromatic nitrogens is 3. The summed E-state index contributed by atoms with van der Waals surface area (Å²) in [4.78, 5) is 12.4. The molecule has 0 aliphatic rings. The third-order valence-corrected chi connectivity index (χ3v) is 4.15. The molecule has 0 aliphatic heterocycles. The molecule has 6 heteroatoms. The molecular formula is C19H23N5O. The average molecular weight is 337 g/mol. The lowest BCUT2D eigenvalue weighted by Gasteiger charge is -2.31. The minimum atomic E-state index is -0.244. The van der Waals surface area contributed by atoms with Crippen molar-refractivity contribution >= 4 is 11.6 Å². The normalized spacial score (nSPS) is 12.9. The summed E-state index contributed by atoms with van der Waals surface area (Å²) >= 11 is 0. The molecule has 0 spiro atoms. The molecule has 130 valence electrons. The van der Waals surface area contributed by atoms with E-state index in [1.807, 2.05) is 18.2 Å². The van der Waals surface area contributed by atoms with E-state index in [1.165, 1.54) is 5.56 Å². The van der Waals surface area contributed by atoms with Gasteiger partial charge in [-0.05, 0) is 38.5 Å². The van der Waals surface area contributed by atoms with E-state index in [1.54, 1.807) is 29.1 Å². The van der Waals surface area contributed by atoms with Gasteiger partial charge in [-0.15, -0.1) is 10.2 Å². The van der Waals surface area contributed by atoms with Crippen LogP contribution < -0.4 is 10.6 Å². The number of carbonyl (C=O) groups excluding carboxylic acids is 1. The van der Waals surface area contributed by atoms with Crippen LogP contribution in [0.4, 0.5) is 0 Å². The second-order valence-electron chi connectivity index (χ2n) is 6.86. The highest BCUT2D eigenvalue weighted by Gasteiger charge is 2.22. The van der Waals surface area contributed by atoms with Gasteiger partial charge < -0.3 is 10.6 Å². The Hall–Kier alpha value is -2.73. The number of hydrogen-bond donors (Lipinski definition) is 2. The summed E-state index contributed by atoms with van der Waals surface area (Å²) in [6.45, 7) is 6.80. The van der Waals surface area contributed by atoms with Crippen LogP contribution in [0.25, 0.3) is 5.65 Å². The molecule has 0 aliphatic carbocycles. The number of fused-ring (bicyclic) bond motifs is 1. The molecule has 0 saturated heterocycles. The third-order valence-electron chi connectivity index (χ3n) is 4.15. The Morgan fingerprint density at radius 2 is 1.96 bits per heavy atom. The van der Waals surface area contributed by atoms with Crippen molar-refractivity contribution in [3.63, 3.8) is 0 Å². The van der Waals surface area contributed by atoms with Crippen LogP contribution in [0.15, 0.2) is 55.0 Å². The van der Waals surface area contributed by atoms with Gasteiger partial charge in [0.1, 0.15) is 6.33 Å². The third kappa shape index (κ3) is 4.22. The van der Waals surface area contributed by atoms with E-state index in [4.69, 9.17) is 0 Å². The van der Waals surface area contributed by atoms with E-state index in [0.29, 0.717) is 12.1 Å². The van der Waals surface area contributed by atoms with Crippen molar-refractivity contribution in [1.82, 2.24) is 25.2 Å². The van der Waals surface area contributed by atoms with E-state index in [9.17, 15) is 4.79 Å². The van der Waals surface area contributed by atoms with E-state index in [-0.39, 0.29) is 17.5 Å². The minimum Gasteiger partial charge on any atom is -0.350 e. The highest BCUT2D eigenvalue weighted by Crippen LogP contribution is 2.16. The maximum atomic E-state index is 12.4. The SMILES string of the molecule is C[C@H](NC(C)(C)CNC(=O)c1ccc2nncn2c1)c1ccccc1. The van der Waals surface area contributed by atoms with Crippen LogP contribution in [0, 0.1) is 0 Å². The molecule has 0 radical (unpaired) electrons. The maximum absolute atomic E-state index is 12.4. The fourth-order valence-corrected chi connectivity index (χ4v) is 2.83. The average Bonchev–Trinajstić information content (AvgIpc) is 3.08. The van der Waals surface area contributed by atoms with Crippen LogP contribution in [0.1, 0.15) is 42.7 Å². The van der Waals surface area contributed by atoms with Crippen molar-refractivity contribution in [3.8, 4) is 0 Å². The van der Waals surface area contributed by atoms with Gasteiger partial charge in [0.2, 0.25) is 0 Å². The van der Waals surface area contributed by atoms with Gasteiger partial charge in [0.05, 0.1) is 5.56 Å². The Labute approximate surface area is 147 Å². The number of amides is 1. The fraction of sp³-hybridized carbons (Fsp3) is 0.316. The first kappa shape index (κ1) is 17.1. The van der Waals surface area contributed by atoms with E-state index < -0.39 is 0 Å². The molecular weight excluding hydrogens is 314 g/mol. The predicted molar refractivity (Wildman–Crippen MR) is 97.4 cm³/mol. The van der Waals surface area contributed by atoms with Crippen LogP contribution in [-0.4, -0.2) is 32.6 Å². The largest absolute Gasteiger partial charge is 0.350 e.